The Morgan fingerprint density at radius 1 is 1.47 bits per heavy atom. The molecule has 0 bridgehead atoms. The van der Waals surface area contributed by atoms with E-state index < -0.39 is 0 Å². The predicted molar refractivity (Wildman–Crippen MR) is 74.3 cm³/mol. The van der Waals surface area contributed by atoms with Crippen LogP contribution in [0.25, 0.3) is 0 Å². The molecule has 2 heterocycles. The molecule has 2 N–H and O–H groups in total. The van der Waals surface area contributed by atoms with Crippen molar-refractivity contribution in [3.8, 4) is 0 Å². The van der Waals surface area contributed by atoms with Gasteiger partial charge in [0.2, 0.25) is 0 Å². The SMILES string of the molecule is O=C(c1cccc2c1CCCN2)N1CCC(CO)C1. The van der Waals surface area contributed by atoms with Gasteiger partial charge in [-0.3, -0.25) is 4.79 Å². The van der Waals surface area contributed by atoms with Crippen LogP contribution in [0.15, 0.2) is 18.2 Å². The minimum Gasteiger partial charge on any atom is -0.396 e. The summed E-state index contributed by atoms with van der Waals surface area (Å²) in [4.78, 5) is 14.5. The topological polar surface area (TPSA) is 52.6 Å². The van der Waals surface area contributed by atoms with Crippen LogP contribution in [0.5, 0.6) is 0 Å². The minimum absolute atomic E-state index is 0.122. The Labute approximate surface area is 113 Å². The Morgan fingerprint density at radius 3 is 3.16 bits per heavy atom. The van der Waals surface area contributed by atoms with Gasteiger partial charge in [0, 0.05) is 43.4 Å². The van der Waals surface area contributed by atoms with Crippen LogP contribution in [-0.2, 0) is 6.42 Å². The number of rotatable bonds is 2. The zero-order valence-electron chi connectivity index (χ0n) is 11.1. The van der Waals surface area contributed by atoms with Crippen molar-refractivity contribution in [2.75, 3.05) is 31.6 Å². The fourth-order valence-corrected chi connectivity index (χ4v) is 3.05. The lowest BCUT2D eigenvalue weighted by Gasteiger charge is -2.23. The van der Waals surface area contributed by atoms with Crippen LogP contribution in [0.1, 0.15) is 28.8 Å². The highest BCUT2D eigenvalue weighted by Crippen LogP contribution is 2.27. The third-order valence-electron chi connectivity index (χ3n) is 4.16. The number of nitrogens with zero attached hydrogens (tertiary/aromatic N) is 1. The molecule has 1 saturated heterocycles. The van der Waals surface area contributed by atoms with Crippen molar-refractivity contribution in [1.29, 1.82) is 0 Å². The predicted octanol–water partition coefficient (Wildman–Crippen LogP) is 1.50. The zero-order chi connectivity index (χ0) is 13.2. The number of fused-ring (bicyclic) bond motifs is 1. The average molecular weight is 260 g/mol. The third kappa shape index (κ3) is 2.32. The number of hydrogen-bond donors (Lipinski definition) is 2. The number of aliphatic hydroxyl groups excluding tert-OH is 1. The van der Waals surface area contributed by atoms with Gasteiger partial charge in [-0.05, 0) is 37.0 Å². The van der Waals surface area contributed by atoms with Crippen LogP contribution in [-0.4, -0.2) is 42.2 Å². The van der Waals surface area contributed by atoms with Gasteiger partial charge in [0.25, 0.3) is 5.91 Å². The van der Waals surface area contributed by atoms with Gasteiger partial charge in [-0.15, -0.1) is 0 Å². The van der Waals surface area contributed by atoms with Crippen molar-refractivity contribution in [1.82, 2.24) is 4.90 Å². The Morgan fingerprint density at radius 2 is 2.37 bits per heavy atom. The van der Waals surface area contributed by atoms with Crippen LogP contribution in [0.3, 0.4) is 0 Å². The quantitative estimate of drug-likeness (QED) is 0.847. The number of anilines is 1. The first-order chi connectivity index (χ1) is 9.29. The highest BCUT2D eigenvalue weighted by Gasteiger charge is 2.28. The summed E-state index contributed by atoms with van der Waals surface area (Å²) in [7, 11) is 0. The van der Waals surface area contributed by atoms with Crippen molar-refractivity contribution in [2.45, 2.75) is 19.3 Å². The van der Waals surface area contributed by atoms with Gasteiger partial charge in [0.05, 0.1) is 0 Å². The van der Waals surface area contributed by atoms with E-state index >= 15 is 0 Å². The minimum atomic E-state index is 0.122. The van der Waals surface area contributed by atoms with E-state index in [4.69, 9.17) is 0 Å². The first kappa shape index (κ1) is 12.5. The highest BCUT2D eigenvalue weighted by atomic mass is 16.3. The van der Waals surface area contributed by atoms with Crippen LogP contribution < -0.4 is 5.32 Å². The van der Waals surface area contributed by atoms with Gasteiger partial charge < -0.3 is 15.3 Å². The standard InChI is InChI=1S/C15H20N2O2/c18-10-11-6-8-17(9-11)15(19)13-3-1-5-14-12(13)4-2-7-16-14/h1,3,5,11,16,18H,2,4,6-10H2. The lowest BCUT2D eigenvalue weighted by molar-refractivity contribution is 0.0780. The first-order valence-electron chi connectivity index (χ1n) is 7.05. The Balaban J connectivity index is 1.84. The molecule has 1 amide bonds. The molecule has 3 rings (SSSR count). The van der Waals surface area contributed by atoms with E-state index in [9.17, 15) is 9.90 Å². The molecule has 1 atom stereocenters. The molecule has 4 heteroatoms. The zero-order valence-corrected chi connectivity index (χ0v) is 11.1. The van der Waals surface area contributed by atoms with E-state index in [1.54, 1.807) is 0 Å². The maximum atomic E-state index is 12.6. The number of amides is 1. The van der Waals surface area contributed by atoms with Gasteiger partial charge >= 0.3 is 0 Å². The summed E-state index contributed by atoms with van der Waals surface area (Å²) in [6.45, 7) is 2.62. The Hall–Kier alpha value is -1.55. The average Bonchev–Trinajstić information content (AvgIpc) is 2.95. The number of nitrogens with one attached hydrogen (secondary N) is 1. The van der Waals surface area contributed by atoms with Gasteiger partial charge in [0.1, 0.15) is 0 Å². The van der Waals surface area contributed by atoms with Crippen LogP contribution in [0.2, 0.25) is 0 Å². The second kappa shape index (κ2) is 5.21. The molecule has 0 spiro atoms. The van der Waals surface area contributed by atoms with E-state index in [0.717, 1.165) is 49.2 Å². The molecular weight excluding hydrogens is 240 g/mol. The number of hydrogen-bond acceptors (Lipinski definition) is 3. The van der Waals surface area contributed by atoms with Crippen LogP contribution >= 0.6 is 0 Å². The van der Waals surface area contributed by atoms with Crippen molar-refractivity contribution in [3.63, 3.8) is 0 Å². The fourth-order valence-electron chi connectivity index (χ4n) is 3.05. The van der Waals surface area contributed by atoms with Gasteiger partial charge in [-0.25, -0.2) is 0 Å². The summed E-state index contributed by atoms with van der Waals surface area (Å²) in [6.07, 6.45) is 2.97. The molecule has 1 aromatic rings. The highest BCUT2D eigenvalue weighted by molar-refractivity contribution is 5.97. The summed E-state index contributed by atoms with van der Waals surface area (Å²) in [5, 5.41) is 12.5. The van der Waals surface area contributed by atoms with Crippen molar-refractivity contribution >= 4 is 11.6 Å². The number of carbonyl (C=O) groups is 1. The lowest BCUT2D eigenvalue weighted by Crippen LogP contribution is -2.30. The molecular formula is C15H20N2O2. The van der Waals surface area contributed by atoms with Crippen LogP contribution in [0, 0.1) is 5.92 Å². The lowest BCUT2D eigenvalue weighted by atomic mass is 9.97. The fraction of sp³-hybridized carbons (Fsp3) is 0.533. The molecule has 102 valence electrons. The summed E-state index contributed by atoms with van der Waals surface area (Å²) in [5.41, 5.74) is 3.10. The smallest absolute Gasteiger partial charge is 0.254 e. The Bertz CT molecular complexity index is 487. The van der Waals surface area contributed by atoms with Gasteiger partial charge in [-0.2, -0.15) is 0 Å². The van der Waals surface area contributed by atoms with Crippen molar-refractivity contribution < 1.29 is 9.90 Å². The first-order valence-corrected chi connectivity index (χ1v) is 7.05. The van der Waals surface area contributed by atoms with E-state index in [1.165, 1.54) is 0 Å². The molecule has 0 aliphatic carbocycles. The normalized spacial score (nSPS) is 21.9. The van der Waals surface area contributed by atoms with E-state index in [0.29, 0.717) is 6.54 Å². The van der Waals surface area contributed by atoms with Gasteiger partial charge in [-0.1, -0.05) is 6.07 Å². The summed E-state index contributed by atoms with van der Waals surface area (Å²) in [5.74, 6) is 0.373. The van der Waals surface area contributed by atoms with Crippen LogP contribution in [0.4, 0.5) is 5.69 Å². The maximum absolute atomic E-state index is 12.6. The number of aliphatic hydroxyl groups is 1. The molecule has 19 heavy (non-hydrogen) atoms. The number of likely N-dealkylation sites (tertiary alicyclic amines) is 1. The summed E-state index contributed by atoms with van der Waals surface area (Å²) in [6, 6.07) is 5.93. The van der Waals surface area contributed by atoms with E-state index in [1.807, 2.05) is 23.1 Å². The molecule has 2 aliphatic heterocycles. The Kier molecular flexibility index (Phi) is 3.42. The monoisotopic (exact) mass is 260 g/mol. The molecule has 2 aliphatic rings. The number of benzene rings is 1. The van der Waals surface area contributed by atoms with Crippen molar-refractivity contribution in [3.05, 3.63) is 29.3 Å². The molecule has 1 fully saturated rings. The largest absolute Gasteiger partial charge is 0.396 e. The van der Waals surface area contributed by atoms with Crippen molar-refractivity contribution in [2.24, 2.45) is 5.92 Å². The van der Waals surface area contributed by atoms with E-state index in [-0.39, 0.29) is 18.4 Å². The van der Waals surface area contributed by atoms with Gasteiger partial charge in [0.15, 0.2) is 0 Å². The molecule has 1 aromatic carbocycles. The number of carbonyl (C=O) groups excluding carboxylic acids is 1. The molecule has 4 nitrogen and oxygen atoms in total. The molecule has 0 saturated carbocycles. The molecule has 0 aromatic heterocycles. The van der Waals surface area contributed by atoms with E-state index in [2.05, 4.69) is 5.32 Å². The molecule has 1 unspecified atom stereocenters. The maximum Gasteiger partial charge on any atom is 0.254 e. The second-order valence-corrected chi connectivity index (χ2v) is 5.45. The second-order valence-electron chi connectivity index (χ2n) is 5.45. The summed E-state index contributed by atoms with van der Waals surface area (Å²) >= 11 is 0. The third-order valence-corrected chi connectivity index (χ3v) is 4.16. The summed E-state index contributed by atoms with van der Waals surface area (Å²) < 4.78 is 0. The molecule has 0 radical (unpaired) electrons.